The van der Waals surface area contributed by atoms with Gasteiger partial charge in [-0.25, -0.2) is 4.79 Å². The lowest BCUT2D eigenvalue weighted by atomic mass is 10.2. The second kappa shape index (κ2) is 7.33. The second-order valence-corrected chi connectivity index (χ2v) is 2.68. The van der Waals surface area contributed by atoms with Crippen LogP contribution >= 0.6 is 0 Å². The van der Waals surface area contributed by atoms with Crippen molar-refractivity contribution in [2.24, 2.45) is 0 Å². The zero-order chi connectivity index (χ0) is 10.8. The summed E-state index contributed by atoms with van der Waals surface area (Å²) < 4.78 is 4.24. The highest BCUT2D eigenvalue weighted by Gasteiger charge is 1.79. The molecule has 1 radical (unpaired) electrons. The summed E-state index contributed by atoms with van der Waals surface area (Å²) in [7, 11) is 0. The van der Waals surface area contributed by atoms with Gasteiger partial charge in [0.05, 0.1) is 6.26 Å². The molecule has 0 saturated carbocycles. The highest BCUT2D eigenvalue weighted by molar-refractivity contribution is 5.50. The molecule has 2 nitrogen and oxygen atoms in total. The molecule has 0 spiro atoms. The predicted molar refractivity (Wildman–Crippen MR) is 60.5 cm³/mol. The number of hydrogen-bond acceptors (Lipinski definition) is 2. The molecule has 0 atom stereocenters. The third-order valence-electron chi connectivity index (χ3n) is 1.62. The van der Waals surface area contributed by atoms with Crippen molar-refractivity contribution in [2.75, 3.05) is 0 Å². The Morgan fingerprint density at radius 1 is 1.00 bits per heavy atom. The number of hydrogen-bond donors (Lipinski definition) is 0. The number of carbonyl (C=O) groups excluding carboxylic acids is 1. The van der Waals surface area contributed by atoms with Gasteiger partial charge in [-0.05, 0) is 11.6 Å². The third-order valence-corrected chi connectivity index (χ3v) is 1.62. The van der Waals surface area contributed by atoms with Crippen molar-refractivity contribution < 1.29 is 9.53 Å². The molecule has 2 heteroatoms. The van der Waals surface area contributed by atoms with Crippen molar-refractivity contribution in [3.05, 3.63) is 66.5 Å². The minimum atomic E-state index is 1.14. The molecule has 0 heterocycles. The van der Waals surface area contributed by atoms with E-state index in [9.17, 15) is 4.79 Å². The van der Waals surface area contributed by atoms with E-state index in [1.807, 2.05) is 48.6 Å². The molecule has 15 heavy (non-hydrogen) atoms. The van der Waals surface area contributed by atoms with Crippen LogP contribution in [0.25, 0.3) is 6.08 Å². The number of rotatable bonds is 5. The lowest BCUT2D eigenvalue weighted by Crippen LogP contribution is -1.69. The molecule has 1 aromatic carbocycles. The molecule has 1 aromatic rings. The molecular formula is C13H11O2. The van der Waals surface area contributed by atoms with E-state index in [1.165, 1.54) is 12.7 Å². The Balaban J connectivity index is 2.37. The summed E-state index contributed by atoms with van der Waals surface area (Å²) in [5.41, 5.74) is 1.14. The third kappa shape index (κ3) is 5.26. The molecule has 0 saturated heterocycles. The van der Waals surface area contributed by atoms with E-state index in [4.69, 9.17) is 0 Å². The molecule has 0 aliphatic heterocycles. The molecule has 0 amide bonds. The Morgan fingerprint density at radius 2 is 1.73 bits per heavy atom. The van der Waals surface area contributed by atoms with Gasteiger partial charge in [0.1, 0.15) is 0 Å². The topological polar surface area (TPSA) is 26.3 Å². The van der Waals surface area contributed by atoms with E-state index in [-0.39, 0.29) is 0 Å². The van der Waals surface area contributed by atoms with Crippen LogP contribution in [-0.2, 0) is 9.53 Å². The molecule has 0 aliphatic rings. The van der Waals surface area contributed by atoms with Gasteiger partial charge >= 0.3 is 6.47 Å². The van der Waals surface area contributed by atoms with Gasteiger partial charge in [-0.15, -0.1) is 0 Å². The van der Waals surface area contributed by atoms with Crippen molar-refractivity contribution in [1.82, 2.24) is 0 Å². The summed E-state index contributed by atoms with van der Waals surface area (Å²) >= 11 is 0. The number of allylic oxidation sites excluding steroid dienone is 4. The fourth-order valence-corrected chi connectivity index (χ4v) is 0.972. The summed E-state index contributed by atoms with van der Waals surface area (Å²) in [6.45, 7) is 1.30. The van der Waals surface area contributed by atoms with E-state index in [1.54, 1.807) is 12.2 Å². The highest BCUT2D eigenvalue weighted by atomic mass is 16.5. The van der Waals surface area contributed by atoms with E-state index in [0.717, 1.165) is 5.56 Å². The standard InChI is InChI=1S/C13H11O2/c14-12-15-11-7-2-1-4-8-13-9-5-3-6-10-13/h1-11H. The Hall–Kier alpha value is -2.09. The zero-order valence-corrected chi connectivity index (χ0v) is 8.17. The smallest absolute Gasteiger partial charge is 0.422 e. The van der Waals surface area contributed by atoms with E-state index >= 15 is 0 Å². The second-order valence-electron chi connectivity index (χ2n) is 2.68. The summed E-state index contributed by atoms with van der Waals surface area (Å²) in [6.07, 6.45) is 10.4. The van der Waals surface area contributed by atoms with Crippen LogP contribution in [0.4, 0.5) is 0 Å². The Morgan fingerprint density at radius 3 is 2.47 bits per heavy atom. The first-order chi connectivity index (χ1) is 7.43. The van der Waals surface area contributed by atoms with Crippen molar-refractivity contribution in [3.8, 4) is 0 Å². The molecule has 1 rings (SSSR count). The fourth-order valence-electron chi connectivity index (χ4n) is 0.972. The van der Waals surface area contributed by atoms with Crippen LogP contribution < -0.4 is 0 Å². The van der Waals surface area contributed by atoms with Crippen LogP contribution in [-0.4, -0.2) is 6.47 Å². The highest BCUT2D eigenvalue weighted by Crippen LogP contribution is 2.00. The average molecular weight is 199 g/mol. The minimum Gasteiger partial charge on any atom is -0.426 e. The first-order valence-corrected chi connectivity index (χ1v) is 4.51. The molecule has 0 aromatic heterocycles. The van der Waals surface area contributed by atoms with E-state index < -0.39 is 0 Å². The average Bonchev–Trinajstić information content (AvgIpc) is 2.29. The molecule has 0 unspecified atom stereocenters. The monoisotopic (exact) mass is 199 g/mol. The molecule has 75 valence electrons. The van der Waals surface area contributed by atoms with Crippen molar-refractivity contribution in [1.29, 1.82) is 0 Å². The summed E-state index contributed by atoms with van der Waals surface area (Å²) in [6, 6.07) is 9.98. The minimum absolute atomic E-state index is 1.14. The van der Waals surface area contributed by atoms with Crippen LogP contribution in [0.5, 0.6) is 0 Å². The van der Waals surface area contributed by atoms with Crippen LogP contribution in [0.15, 0.2) is 60.9 Å². The maximum Gasteiger partial charge on any atom is 0.422 e. The van der Waals surface area contributed by atoms with E-state index in [0.29, 0.717) is 0 Å². The first-order valence-electron chi connectivity index (χ1n) is 4.51. The molecule has 0 bridgehead atoms. The molecular weight excluding hydrogens is 188 g/mol. The molecule has 0 N–H and O–H groups in total. The van der Waals surface area contributed by atoms with Gasteiger partial charge in [0.2, 0.25) is 0 Å². The van der Waals surface area contributed by atoms with Crippen LogP contribution in [0.3, 0.4) is 0 Å². The van der Waals surface area contributed by atoms with Gasteiger partial charge in [-0.2, -0.15) is 0 Å². The SMILES string of the molecule is O=[C]OC=CC=CC=Cc1ccccc1. The van der Waals surface area contributed by atoms with Crippen molar-refractivity contribution >= 4 is 12.5 Å². The lowest BCUT2D eigenvalue weighted by Gasteiger charge is -1.87. The maximum atomic E-state index is 9.64. The summed E-state index contributed by atoms with van der Waals surface area (Å²) in [5.74, 6) is 0. The van der Waals surface area contributed by atoms with Gasteiger partial charge < -0.3 is 4.74 Å². The number of benzene rings is 1. The van der Waals surface area contributed by atoms with Crippen molar-refractivity contribution in [3.63, 3.8) is 0 Å². The van der Waals surface area contributed by atoms with Crippen LogP contribution in [0.1, 0.15) is 5.56 Å². The Bertz CT molecular complexity index is 361. The zero-order valence-electron chi connectivity index (χ0n) is 8.17. The van der Waals surface area contributed by atoms with Crippen molar-refractivity contribution in [2.45, 2.75) is 0 Å². The number of ether oxygens (including phenoxy) is 1. The quantitative estimate of drug-likeness (QED) is 0.538. The van der Waals surface area contributed by atoms with Crippen LogP contribution in [0.2, 0.25) is 0 Å². The molecule has 0 aliphatic carbocycles. The lowest BCUT2D eigenvalue weighted by molar-refractivity contribution is 0.398. The largest absolute Gasteiger partial charge is 0.426 e. The van der Waals surface area contributed by atoms with Gasteiger partial charge in [-0.1, -0.05) is 54.6 Å². The van der Waals surface area contributed by atoms with E-state index in [2.05, 4.69) is 4.74 Å². The normalized spacial score (nSPS) is 11.5. The van der Waals surface area contributed by atoms with Gasteiger partial charge in [0, 0.05) is 0 Å². The Labute approximate surface area is 89.2 Å². The van der Waals surface area contributed by atoms with Crippen LogP contribution in [0, 0.1) is 0 Å². The summed E-state index contributed by atoms with van der Waals surface area (Å²) in [4.78, 5) is 9.64. The fraction of sp³-hybridized carbons (Fsp3) is 0. The summed E-state index contributed by atoms with van der Waals surface area (Å²) in [5, 5.41) is 0. The maximum absolute atomic E-state index is 9.64. The van der Waals surface area contributed by atoms with Gasteiger partial charge in [0.25, 0.3) is 0 Å². The van der Waals surface area contributed by atoms with Gasteiger partial charge in [-0.3, -0.25) is 0 Å². The Kier molecular flexibility index (Phi) is 5.37. The first kappa shape index (κ1) is 11.0. The van der Waals surface area contributed by atoms with Gasteiger partial charge in [0.15, 0.2) is 0 Å². The molecule has 0 fully saturated rings. The predicted octanol–water partition coefficient (Wildman–Crippen LogP) is 2.85.